The predicted molar refractivity (Wildman–Crippen MR) is 75.5 cm³/mol. The lowest BCUT2D eigenvalue weighted by Crippen LogP contribution is -2.20. The number of benzene rings is 2. The van der Waals surface area contributed by atoms with Crippen LogP contribution in [0.3, 0.4) is 0 Å². The first-order valence-electron chi connectivity index (χ1n) is 5.33. The number of nitrogens with one attached hydrogen (secondary N) is 2. The largest absolute Gasteiger partial charge is 0.323 e. The van der Waals surface area contributed by atoms with Crippen LogP contribution in [0.1, 0.15) is 0 Å². The molecule has 0 radical (unpaired) electrons. The number of halogens is 3. The second-order valence-corrected chi connectivity index (χ2v) is 4.59. The summed E-state index contributed by atoms with van der Waals surface area (Å²) in [5.74, 6) is -0.603. The first-order chi connectivity index (χ1) is 9.04. The molecule has 2 aromatic rings. The van der Waals surface area contributed by atoms with Gasteiger partial charge in [-0.1, -0.05) is 29.3 Å². The second kappa shape index (κ2) is 5.91. The van der Waals surface area contributed by atoms with Crippen LogP contribution in [-0.2, 0) is 0 Å². The van der Waals surface area contributed by atoms with Crippen molar-refractivity contribution in [1.82, 2.24) is 0 Å². The highest BCUT2D eigenvalue weighted by molar-refractivity contribution is 6.31. The highest BCUT2D eigenvalue weighted by atomic mass is 35.5. The zero-order chi connectivity index (χ0) is 13.8. The van der Waals surface area contributed by atoms with Gasteiger partial charge in [-0.2, -0.15) is 0 Å². The van der Waals surface area contributed by atoms with Crippen molar-refractivity contribution in [3.8, 4) is 0 Å². The zero-order valence-corrected chi connectivity index (χ0v) is 11.1. The van der Waals surface area contributed by atoms with Crippen molar-refractivity contribution in [2.24, 2.45) is 0 Å². The van der Waals surface area contributed by atoms with Crippen LogP contribution in [0.5, 0.6) is 0 Å². The molecule has 2 rings (SSSR count). The second-order valence-electron chi connectivity index (χ2n) is 3.71. The molecule has 0 spiro atoms. The molecule has 0 aromatic heterocycles. The number of carbonyl (C=O) groups excluding carboxylic acids is 1. The highest BCUT2D eigenvalue weighted by Gasteiger charge is 2.07. The molecule has 0 heterocycles. The van der Waals surface area contributed by atoms with Crippen LogP contribution in [-0.4, -0.2) is 6.03 Å². The molecule has 0 unspecified atom stereocenters. The van der Waals surface area contributed by atoms with Gasteiger partial charge in [0.1, 0.15) is 5.82 Å². The monoisotopic (exact) mass is 298 g/mol. The van der Waals surface area contributed by atoms with Gasteiger partial charge in [0, 0.05) is 15.7 Å². The van der Waals surface area contributed by atoms with E-state index in [1.54, 1.807) is 24.3 Å². The van der Waals surface area contributed by atoms with Crippen LogP contribution < -0.4 is 10.6 Å². The molecular weight excluding hydrogens is 290 g/mol. The maximum absolute atomic E-state index is 13.5. The number of hydrogen-bond donors (Lipinski definition) is 2. The lowest BCUT2D eigenvalue weighted by Gasteiger charge is -2.08. The predicted octanol–water partition coefficient (Wildman–Crippen LogP) is 4.78. The number of urea groups is 1. The quantitative estimate of drug-likeness (QED) is 0.823. The Labute approximate surface area is 119 Å². The first-order valence-corrected chi connectivity index (χ1v) is 6.09. The Hall–Kier alpha value is -1.78. The minimum Gasteiger partial charge on any atom is -0.308 e. The minimum absolute atomic E-state index is 0.0453. The Balaban J connectivity index is 2.05. The normalized spacial score (nSPS) is 10.1. The van der Waals surface area contributed by atoms with Crippen molar-refractivity contribution in [1.29, 1.82) is 0 Å². The molecule has 6 heteroatoms. The fourth-order valence-electron chi connectivity index (χ4n) is 1.44. The van der Waals surface area contributed by atoms with Gasteiger partial charge in [0.2, 0.25) is 0 Å². The van der Waals surface area contributed by atoms with Crippen molar-refractivity contribution in [3.63, 3.8) is 0 Å². The summed E-state index contributed by atoms with van der Waals surface area (Å²) in [6, 6.07) is 10.1. The summed E-state index contributed by atoms with van der Waals surface area (Å²) in [5.41, 5.74) is 0.559. The van der Waals surface area contributed by atoms with Gasteiger partial charge in [0.25, 0.3) is 0 Å². The van der Waals surface area contributed by atoms with Crippen LogP contribution >= 0.6 is 23.2 Å². The molecule has 2 amide bonds. The van der Waals surface area contributed by atoms with Gasteiger partial charge in [-0.15, -0.1) is 0 Å². The Kier molecular flexibility index (Phi) is 4.24. The van der Waals surface area contributed by atoms with Crippen LogP contribution in [0.25, 0.3) is 0 Å². The molecule has 98 valence electrons. The average molecular weight is 299 g/mol. The van der Waals surface area contributed by atoms with E-state index in [9.17, 15) is 9.18 Å². The molecule has 0 saturated carbocycles. The number of hydrogen-bond acceptors (Lipinski definition) is 1. The molecular formula is C13H9Cl2FN2O. The van der Waals surface area contributed by atoms with E-state index in [-0.39, 0.29) is 10.7 Å². The third-order valence-electron chi connectivity index (χ3n) is 2.26. The van der Waals surface area contributed by atoms with E-state index in [4.69, 9.17) is 23.2 Å². The molecule has 0 aliphatic carbocycles. The molecule has 0 bridgehead atoms. The summed E-state index contributed by atoms with van der Waals surface area (Å²) in [7, 11) is 0. The SMILES string of the molecule is O=C(Nc1cccc(Cl)c1)Nc1ccc(Cl)cc1F. The summed E-state index contributed by atoms with van der Waals surface area (Å²) >= 11 is 11.4. The zero-order valence-electron chi connectivity index (χ0n) is 9.58. The van der Waals surface area contributed by atoms with Gasteiger partial charge in [-0.3, -0.25) is 0 Å². The van der Waals surface area contributed by atoms with Gasteiger partial charge in [-0.25, -0.2) is 9.18 Å². The summed E-state index contributed by atoms with van der Waals surface area (Å²) in [5, 5.41) is 5.68. The van der Waals surface area contributed by atoms with Crippen LogP contribution in [0.2, 0.25) is 10.0 Å². The average Bonchev–Trinajstić information content (AvgIpc) is 2.33. The number of rotatable bonds is 2. The Morgan fingerprint density at radius 3 is 2.42 bits per heavy atom. The Morgan fingerprint density at radius 2 is 1.74 bits per heavy atom. The van der Waals surface area contributed by atoms with Crippen molar-refractivity contribution in [2.45, 2.75) is 0 Å². The molecule has 0 aliphatic heterocycles. The molecule has 19 heavy (non-hydrogen) atoms. The molecule has 0 aliphatic rings. The first kappa shape index (κ1) is 13.6. The third kappa shape index (κ3) is 3.84. The van der Waals surface area contributed by atoms with E-state index in [0.717, 1.165) is 6.07 Å². The van der Waals surface area contributed by atoms with Gasteiger partial charge < -0.3 is 10.6 Å². The lowest BCUT2D eigenvalue weighted by atomic mass is 10.3. The van der Waals surface area contributed by atoms with Crippen LogP contribution in [0.4, 0.5) is 20.6 Å². The van der Waals surface area contributed by atoms with E-state index in [0.29, 0.717) is 10.7 Å². The van der Waals surface area contributed by atoms with Crippen LogP contribution in [0.15, 0.2) is 42.5 Å². The van der Waals surface area contributed by atoms with Gasteiger partial charge in [-0.05, 0) is 36.4 Å². The summed E-state index contributed by atoms with van der Waals surface area (Å²) in [4.78, 5) is 11.7. The van der Waals surface area contributed by atoms with Crippen molar-refractivity contribution in [3.05, 3.63) is 58.3 Å². The van der Waals surface area contributed by atoms with Crippen molar-refractivity contribution >= 4 is 40.6 Å². The molecule has 2 aromatic carbocycles. The molecule has 0 saturated heterocycles. The van der Waals surface area contributed by atoms with E-state index in [1.165, 1.54) is 12.1 Å². The lowest BCUT2D eigenvalue weighted by molar-refractivity contribution is 0.262. The number of amides is 2. The van der Waals surface area contributed by atoms with Gasteiger partial charge >= 0.3 is 6.03 Å². The molecule has 3 nitrogen and oxygen atoms in total. The molecule has 0 atom stereocenters. The molecule has 0 fully saturated rings. The number of anilines is 2. The Bertz CT molecular complexity index is 619. The molecule has 2 N–H and O–H groups in total. The maximum atomic E-state index is 13.5. The van der Waals surface area contributed by atoms with E-state index in [2.05, 4.69) is 10.6 Å². The van der Waals surface area contributed by atoms with Crippen molar-refractivity contribution in [2.75, 3.05) is 10.6 Å². The fourth-order valence-corrected chi connectivity index (χ4v) is 1.79. The van der Waals surface area contributed by atoms with Gasteiger partial charge in [0.05, 0.1) is 5.69 Å². The Morgan fingerprint density at radius 1 is 1.00 bits per heavy atom. The highest BCUT2D eigenvalue weighted by Crippen LogP contribution is 2.19. The minimum atomic E-state index is -0.603. The topological polar surface area (TPSA) is 41.1 Å². The van der Waals surface area contributed by atoms with E-state index < -0.39 is 11.8 Å². The maximum Gasteiger partial charge on any atom is 0.323 e. The standard InChI is InChI=1S/C13H9Cl2FN2O/c14-8-2-1-3-10(6-8)17-13(19)18-12-5-4-9(15)7-11(12)16/h1-7H,(H2,17,18,19). The van der Waals surface area contributed by atoms with E-state index in [1.807, 2.05) is 0 Å². The van der Waals surface area contributed by atoms with E-state index >= 15 is 0 Å². The summed E-state index contributed by atoms with van der Waals surface area (Å²) in [6.07, 6.45) is 0. The smallest absolute Gasteiger partial charge is 0.308 e. The van der Waals surface area contributed by atoms with Crippen molar-refractivity contribution < 1.29 is 9.18 Å². The number of carbonyl (C=O) groups is 1. The summed E-state index contributed by atoms with van der Waals surface area (Å²) in [6.45, 7) is 0. The van der Waals surface area contributed by atoms with Crippen LogP contribution in [0, 0.1) is 5.82 Å². The summed E-state index contributed by atoms with van der Waals surface area (Å²) < 4.78 is 13.5. The fraction of sp³-hybridized carbons (Fsp3) is 0. The van der Waals surface area contributed by atoms with Gasteiger partial charge in [0.15, 0.2) is 0 Å². The third-order valence-corrected chi connectivity index (χ3v) is 2.73.